The summed E-state index contributed by atoms with van der Waals surface area (Å²) in [5.74, 6) is 0. The van der Waals surface area contributed by atoms with Crippen LogP contribution in [0.2, 0.25) is 0 Å². The molecule has 0 fully saturated rings. The summed E-state index contributed by atoms with van der Waals surface area (Å²) in [6, 6.07) is 14.6. The van der Waals surface area contributed by atoms with Crippen LogP contribution in [0.1, 0.15) is 18.7 Å². The van der Waals surface area contributed by atoms with Crippen molar-refractivity contribution < 1.29 is 0 Å². The molecule has 0 aliphatic heterocycles. The molecule has 2 aromatic heterocycles. The summed E-state index contributed by atoms with van der Waals surface area (Å²) in [6.07, 6.45) is 3.78. The molecule has 0 aliphatic carbocycles. The Kier molecular flexibility index (Phi) is 2.73. The molecule has 3 heteroatoms. The van der Waals surface area contributed by atoms with Crippen LogP contribution in [0.3, 0.4) is 0 Å². The van der Waals surface area contributed by atoms with Gasteiger partial charge in [-0.05, 0) is 43.3 Å². The minimum atomic E-state index is 0.197. The van der Waals surface area contributed by atoms with Gasteiger partial charge in [-0.2, -0.15) is 0 Å². The topological polar surface area (TPSA) is 40.7 Å². The lowest BCUT2D eigenvalue weighted by Crippen LogP contribution is -2.07. The van der Waals surface area contributed by atoms with Crippen molar-refractivity contribution in [3.63, 3.8) is 0 Å². The maximum atomic E-state index is 4.36. The van der Waals surface area contributed by atoms with Crippen molar-refractivity contribution in [3.05, 3.63) is 60.6 Å². The van der Waals surface area contributed by atoms with Gasteiger partial charge in [0.2, 0.25) is 0 Å². The summed E-state index contributed by atoms with van der Waals surface area (Å²) in [5, 5.41) is 4.68. The number of benzene rings is 1. The first-order valence-corrected chi connectivity index (χ1v) is 6.07. The quantitative estimate of drug-likeness (QED) is 0.728. The van der Waals surface area contributed by atoms with E-state index in [4.69, 9.17) is 0 Å². The Morgan fingerprint density at radius 1 is 1.17 bits per heavy atom. The van der Waals surface area contributed by atoms with Crippen molar-refractivity contribution >= 4 is 16.6 Å². The smallest absolute Gasteiger partial charge is 0.0657 e. The summed E-state index contributed by atoms with van der Waals surface area (Å²) in [4.78, 5) is 7.55. The van der Waals surface area contributed by atoms with E-state index in [1.165, 1.54) is 5.39 Å². The van der Waals surface area contributed by atoms with Crippen LogP contribution < -0.4 is 5.32 Å². The average molecular weight is 237 g/mol. The van der Waals surface area contributed by atoms with Gasteiger partial charge in [-0.15, -0.1) is 0 Å². The molecular formula is C15H15N3. The first-order chi connectivity index (χ1) is 8.83. The van der Waals surface area contributed by atoms with Crippen LogP contribution in [0.4, 0.5) is 5.69 Å². The molecule has 0 spiro atoms. The highest BCUT2D eigenvalue weighted by Crippen LogP contribution is 2.21. The molecule has 0 bridgehead atoms. The van der Waals surface area contributed by atoms with Gasteiger partial charge in [0, 0.05) is 29.0 Å². The Labute approximate surface area is 106 Å². The fourth-order valence-corrected chi connectivity index (χ4v) is 2.10. The highest BCUT2D eigenvalue weighted by atomic mass is 14.9. The number of anilines is 1. The van der Waals surface area contributed by atoms with Gasteiger partial charge in [0.15, 0.2) is 0 Å². The largest absolute Gasteiger partial charge is 0.377 e. The number of aromatic amines is 1. The number of rotatable bonds is 3. The Morgan fingerprint density at radius 3 is 2.94 bits per heavy atom. The number of hydrogen-bond donors (Lipinski definition) is 2. The molecule has 0 amide bonds. The van der Waals surface area contributed by atoms with E-state index in [1.54, 1.807) is 0 Å². The molecule has 3 aromatic rings. The minimum absolute atomic E-state index is 0.197. The van der Waals surface area contributed by atoms with E-state index >= 15 is 0 Å². The molecule has 90 valence electrons. The second-order valence-corrected chi connectivity index (χ2v) is 4.40. The highest BCUT2D eigenvalue weighted by Gasteiger charge is 2.06. The lowest BCUT2D eigenvalue weighted by Gasteiger charge is -2.14. The van der Waals surface area contributed by atoms with Crippen molar-refractivity contribution in [2.24, 2.45) is 0 Å². The number of H-pyrrole nitrogens is 1. The molecule has 0 aliphatic rings. The van der Waals surface area contributed by atoms with Gasteiger partial charge < -0.3 is 10.3 Å². The molecule has 3 rings (SSSR count). The lowest BCUT2D eigenvalue weighted by molar-refractivity contribution is 0.840. The second kappa shape index (κ2) is 4.53. The van der Waals surface area contributed by atoms with Crippen molar-refractivity contribution in [2.45, 2.75) is 13.0 Å². The average Bonchev–Trinajstić information content (AvgIpc) is 2.87. The monoisotopic (exact) mass is 237 g/mol. The van der Waals surface area contributed by atoms with Gasteiger partial charge in [0.1, 0.15) is 0 Å². The fraction of sp³-hybridized carbons (Fsp3) is 0.133. The SMILES string of the molecule is CC(Nc1ccc2[nH]ccc2c1)c1ccccn1. The number of hydrogen-bond acceptors (Lipinski definition) is 2. The van der Waals surface area contributed by atoms with E-state index < -0.39 is 0 Å². The maximum Gasteiger partial charge on any atom is 0.0657 e. The number of nitrogens with one attached hydrogen (secondary N) is 2. The van der Waals surface area contributed by atoms with Crippen LogP contribution in [0.25, 0.3) is 10.9 Å². The first-order valence-electron chi connectivity index (χ1n) is 6.07. The molecule has 18 heavy (non-hydrogen) atoms. The van der Waals surface area contributed by atoms with Crippen molar-refractivity contribution in [3.8, 4) is 0 Å². The van der Waals surface area contributed by atoms with Crippen LogP contribution in [0, 0.1) is 0 Å². The Bertz CT molecular complexity index is 643. The van der Waals surface area contributed by atoms with Gasteiger partial charge in [0.05, 0.1) is 11.7 Å². The molecule has 1 atom stereocenters. The highest BCUT2D eigenvalue weighted by molar-refractivity contribution is 5.83. The van der Waals surface area contributed by atoms with Crippen molar-refractivity contribution in [1.82, 2.24) is 9.97 Å². The third-order valence-electron chi connectivity index (χ3n) is 3.07. The zero-order chi connectivity index (χ0) is 12.4. The predicted octanol–water partition coefficient (Wildman–Crippen LogP) is 3.74. The number of aromatic nitrogens is 2. The lowest BCUT2D eigenvalue weighted by atomic mass is 10.2. The van der Waals surface area contributed by atoms with Crippen LogP contribution in [-0.4, -0.2) is 9.97 Å². The summed E-state index contributed by atoms with van der Waals surface area (Å²) >= 11 is 0. The van der Waals surface area contributed by atoms with Gasteiger partial charge in [-0.25, -0.2) is 0 Å². The van der Waals surface area contributed by atoms with Crippen LogP contribution in [0.15, 0.2) is 54.9 Å². The van der Waals surface area contributed by atoms with Crippen molar-refractivity contribution in [1.29, 1.82) is 0 Å². The number of nitrogens with zero attached hydrogens (tertiary/aromatic N) is 1. The normalized spacial score (nSPS) is 12.5. The van der Waals surface area contributed by atoms with E-state index in [1.807, 2.05) is 30.6 Å². The molecule has 3 nitrogen and oxygen atoms in total. The summed E-state index contributed by atoms with van der Waals surface area (Å²) in [5.41, 5.74) is 3.32. The van der Waals surface area contributed by atoms with E-state index in [0.717, 1.165) is 16.9 Å². The molecule has 1 aromatic carbocycles. The van der Waals surface area contributed by atoms with Gasteiger partial charge >= 0.3 is 0 Å². The Morgan fingerprint density at radius 2 is 2.11 bits per heavy atom. The molecule has 2 heterocycles. The van der Waals surface area contributed by atoms with Crippen molar-refractivity contribution in [2.75, 3.05) is 5.32 Å². The van der Waals surface area contributed by atoms with Gasteiger partial charge in [-0.3, -0.25) is 4.98 Å². The van der Waals surface area contributed by atoms with Crippen LogP contribution in [-0.2, 0) is 0 Å². The van der Waals surface area contributed by atoms with Crippen LogP contribution >= 0.6 is 0 Å². The van der Waals surface area contributed by atoms with E-state index in [-0.39, 0.29) is 6.04 Å². The number of pyridine rings is 1. The van der Waals surface area contributed by atoms with Gasteiger partial charge in [0.25, 0.3) is 0 Å². The fourth-order valence-electron chi connectivity index (χ4n) is 2.10. The molecule has 0 saturated heterocycles. The summed E-state index contributed by atoms with van der Waals surface area (Å²) in [6.45, 7) is 2.11. The second-order valence-electron chi connectivity index (χ2n) is 4.40. The molecule has 2 N–H and O–H groups in total. The van der Waals surface area contributed by atoms with E-state index in [0.29, 0.717) is 0 Å². The molecule has 1 unspecified atom stereocenters. The summed E-state index contributed by atoms with van der Waals surface area (Å²) in [7, 11) is 0. The maximum absolute atomic E-state index is 4.36. The summed E-state index contributed by atoms with van der Waals surface area (Å²) < 4.78 is 0. The molecular weight excluding hydrogens is 222 g/mol. The van der Waals surface area contributed by atoms with E-state index in [9.17, 15) is 0 Å². The van der Waals surface area contributed by atoms with Gasteiger partial charge in [-0.1, -0.05) is 6.07 Å². The zero-order valence-corrected chi connectivity index (χ0v) is 10.2. The Balaban J connectivity index is 1.83. The first kappa shape index (κ1) is 10.8. The molecule has 0 saturated carbocycles. The van der Waals surface area contributed by atoms with E-state index in [2.05, 4.69) is 46.5 Å². The van der Waals surface area contributed by atoms with Crippen LogP contribution in [0.5, 0.6) is 0 Å². The standard InChI is InChI=1S/C15H15N3/c1-11(14-4-2-3-8-16-14)18-13-5-6-15-12(10-13)7-9-17-15/h2-11,17-18H,1H3. The third kappa shape index (κ3) is 2.07. The zero-order valence-electron chi connectivity index (χ0n) is 10.2. The minimum Gasteiger partial charge on any atom is -0.377 e. The third-order valence-corrected chi connectivity index (χ3v) is 3.07. The number of fused-ring (bicyclic) bond motifs is 1. The Hall–Kier alpha value is -2.29. The predicted molar refractivity (Wildman–Crippen MR) is 74.6 cm³/mol. The molecule has 0 radical (unpaired) electrons.